The predicted octanol–water partition coefficient (Wildman–Crippen LogP) is 1.92. The zero-order valence-electron chi connectivity index (χ0n) is 7.56. The van der Waals surface area contributed by atoms with Crippen molar-refractivity contribution in [3.05, 3.63) is 6.42 Å². The van der Waals surface area contributed by atoms with Gasteiger partial charge in [0.25, 0.3) is 0 Å². The van der Waals surface area contributed by atoms with Crippen LogP contribution in [-0.2, 0) is 9.47 Å². The van der Waals surface area contributed by atoms with Crippen LogP contribution in [0.15, 0.2) is 0 Å². The maximum Gasteiger partial charge on any atom is 0.0536 e. The maximum absolute atomic E-state index is 5.25. The summed E-state index contributed by atoms with van der Waals surface area (Å²) < 4.78 is 10.1. The molecule has 0 saturated carbocycles. The first-order valence-corrected chi connectivity index (χ1v) is 4.19. The molecule has 0 aromatic carbocycles. The molecule has 0 rings (SSSR count). The summed E-state index contributed by atoms with van der Waals surface area (Å²) in [6.45, 7) is 4.40. The van der Waals surface area contributed by atoms with Crippen LogP contribution in [0.1, 0.15) is 26.2 Å². The minimum Gasteiger partial charge on any atom is -0.385 e. The Morgan fingerprint density at radius 2 is 2.09 bits per heavy atom. The summed E-state index contributed by atoms with van der Waals surface area (Å²) in [4.78, 5) is 0. The summed E-state index contributed by atoms with van der Waals surface area (Å²) in [7, 11) is 1.69. The molecule has 0 aliphatic carbocycles. The van der Waals surface area contributed by atoms with Gasteiger partial charge in [0.2, 0.25) is 0 Å². The highest BCUT2D eigenvalue weighted by Crippen LogP contribution is 1.91. The van der Waals surface area contributed by atoms with E-state index in [1.807, 2.05) is 0 Å². The van der Waals surface area contributed by atoms with Gasteiger partial charge >= 0.3 is 0 Å². The van der Waals surface area contributed by atoms with Gasteiger partial charge in [0.05, 0.1) is 6.61 Å². The van der Waals surface area contributed by atoms with Gasteiger partial charge in [-0.3, -0.25) is 0 Å². The fourth-order valence-electron chi connectivity index (χ4n) is 0.637. The molecule has 0 bridgehead atoms. The Morgan fingerprint density at radius 3 is 2.73 bits per heavy atom. The Bertz CT molecular complexity index is 56.6. The maximum atomic E-state index is 5.25. The molecule has 0 atom stereocenters. The van der Waals surface area contributed by atoms with Crippen molar-refractivity contribution >= 4 is 0 Å². The first-order valence-electron chi connectivity index (χ1n) is 4.19. The van der Waals surface area contributed by atoms with E-state index in [9.17, 15) is 0 Å². The molecular weight excluding hydrogens is 140 g/mol. The molecule has 0 aliphatic heterocycles. The highest BCUT2D eigenvalue weighted by molar-refractivity contribution is 4.61. The van der Waals surface area contributed by atoms with Crippen LogP contribution in [0.2, 0.25) is 0 Å². The van der Waals surface area contributed by atoms with E-state index in [1.165, 1.54) is 6.42 Å². The van der Waals surface area contributed by atoms with Crippen molar-refractivity contribution in [3.8, 4) is 0 Å². The van der Waals surface area contributed by atoms with Crippen LogP contribution in [0.3, 0.4) is 0 Å². The van der Waals surface area contributed by atoms with Crippen LogP contribution in [0.4, 0.5) is 0 Å². The van der Waals surface area contributed by atoms with E-state index >= 15 is 0 Å². The second-order valence-electron chi connectivity index (χ2n) is 2.40. The molecule has 0 fully saturated rings. The molecule has 0 aromatic rings. The fraction of sp³-hybridized carbons (Fsp3) is 0.889. The lowest BCUT2D eigenvalue weighted by Gasteiger charge is -2.01. The predicted molar refractivity (Wildman–Crippen MR) is 45.5 cm³/mol. The van der Waals surface area contributed by atoms with Gasteiger partial charge in [0.15, 0.2) is 0 Å². The molecule has 0 saturated heterocycles. The molecule has 0 amide bonds. The first-order chi connectivity index (χ1) is 5.41. The average Bonchev–Trinajstić information content (AvgIpc) is 2.03. The second kappa shape index (κ2) is 9.92. The van der Waals surface area contributed by atoms with Crippen LogP contribution >= 0.6 is 0 Å². The topological polar surface area (TPSA) is 18.5 Å². The molecule has 0 unspecified atom stereocenters. The number of rotatable bonds is 8. The molecule has 0 aromatic heterocycles. The van der Waals surface area contributed by atoms with Gasteiger partial charge in [0, 0.05) is 26.7 Å². The second-order valence-corrected chi connectivity index (χ2v) is 2.40. The summed E-state index contributed by atoms with van der Waals surface area (Å²) in [6, 6.07) is 0. The van der Waals surface area contributed by atoms with Crippen molar-refractivity contribution in [2.45, 2.75) is 26.2 Å². The molecule has 2 heteroatoms. The minimum absolute atomic E-state index is 0.642. The lowest BCUT2D eigenvalue weighted by molar-refractivity contribution is 0.141. The quantitative estimate of drug-likeness (QED) is 0.502. The van der Waals surface area contributed by atoms with Gasteiger partial charge in [-0.1, -0.05) is 13.3 Å². The van der Waals surface area contributed by atoms with E-state index in [4.69, 9.17) is 9.47 Å². The van der Waals surface area contributed by atoms with E-state index < -0.39 is 0 Å². The molecule has 0 aliphatic rings. The third-order valence-corrected chi connectivity index (χ3v) is 1.33. The molecule has 0 spiro atoms. The van der Waals surface area contributed by atoms with Crippen LogP contribution < -0.4 is 0 Å². The van der Waals surface area contributed by atoms with Gasteiger partial charge in [0.1, 0.15) is 0 Å². The monoisotopic (exact) mass is 158 g/mol. The van der Waals surface area contributed by atoms with Gasteiger partial charge in [-0.25, -0.2) is 0 Å². The van der Waals surface area contributed by atoms with Crippen molar-refractivity contribution < 1.29 is 9.47 Å². The molecule has 66 valence electrons. The summed E-state index contributed by atoms with van der Waals surface area (Å²) >= 11 is 0. The molecule has 0 N–H and O–H groups in total. The molecule has 2 nitrogen and oxygen atoms in total. The van der Waals surface area contributed by atoms with E-state index in [0.717, 1.165) is 26.1 Å². The Kier molecular flexibility index (Phi) is 9.85. The van der Waals surface area contributed by atoms with Crippen LogP contribution in [0.25, 0.3) is 0 Å². The van der Waals surface area contributed by atoms with Crippen molar-refractivity contribution in [1.82, 2.24) is 0 Å². The van der Waals surface area contributed by atoms with E-state index in [0.29, 0.717) is 6.61 Å². The van der Waals surface area contributed by atoms with Crippen LogP contribution in [0, 0.1) is 6.42 Å². The fourth-order valence-corrected chi connectivity index (χ4v) is 0.637. The average molecular weight is 158 g/mol. The summed E-state index contributed by atoms with van der Waals surface area (Å²) in [5.74, 6) is 0. The smallest absolute Gasteiger partial charge is 0.0536 e. The lowest BCUT2D eigenvalue weighted by atomic mass is 10.3. The lowest BCUT2D eigenvalue weighted by Crippen LogP contribution is -1.99. The van der Waals surface area contributed by atoms with Crippen molar-refractivity contribution in [1.29, 1.82) is 0 Å². The molecule has 2 radical (unpaired) electrons. The molecule has 0 heterocycles. The summed E-state index contributed by atoms with van der Waals surface area (Å²) in [5.41, 5.74) is 0. The van der Waals surface area contributed by atoms with Gasteiger partial charge < -0.3 is 9.47 Å². The summed E-state index contributed by atoms with van der Waals surface area (Å²) in [6.07, 6.45) is 6.30. The highest BCUT2D eigenvalue weighted by atomic mass is 16.5. The first kappa shape index (κ1) is 10.9. The van der Waals surface area contributed by atoms with E-state index in [1.54, 1.807) is 7.11 Å². The molecule has 11 heavy (non-hydrogen) atoms. The van der Waals surface area contributed by atoms with E-state index in [2.05, 4.69) is 13.3 Å². The SMILES string of the molecule is CCCCOC[C]CCOC. The zero-order chi connectivity index (χ0) is 8.36. The van der Waals surface area contributed by atoms with Crippen molar-refractivity contribution in [2.75, 3.05) is 26.9 Å². The highest BCUT2D eigenvalue weighted by Gasteiger charge is 1.89. The minimum atomic E-state index is 0.642. The number of ether oxygens (including phenoxy) is 2. The van der Waals surface area contributed by atoms with Gasteiger partial charge in [-0.05, 0) is 12.8 Å². The van der Waals surface area contributed by atoms with Gasteiger partial charge in [-0.15, -0.1) is 0 Å². The third kappa shape index (κ3) is 9.92. The third-order valence-electron chi connectivity index (χ3n) is 1.33. The normalized spacial score (nSPS) is 10.4. The number of methoxy groups -OCH3 is 1. The Labute approximate surface area is 69.9 Å². The number of hydrogen-bond acceptors (Lipinski definition) is 2. The zero-order valence-corrected chi connectivity index (χ0v) is 7.56. The Hall–Kier alpha value is -0.0800. The summed E-state index contributed by atoms with van der Waals surface area (Å²) in [5, 5.41) is 0. The van der Waals surface area contributed by atoms with E-state index in [-0.39, 0.29) is 0 Å². The number of unbranched alkanes of at least 4 members (excludes halogenated alkanes) is 2. The van der Waals surface area contributed by atoms with Crippen molar-refractivity contribution in [2.24, 2.45) is 0 Å². The largest absolute Gasteiger partial charge is 0.385 e. The number of hydrogen-bond donors (Lipinski definition) is 0. The Balaban J connectivity index is 2.69. The Morgan fingerprint density at radius 1 is 1.27 bits per heavy atom. The van der Waals surface area contributed by atoms with Gasteiger partial charge in [-0.2, -0.15) is 0 Å². The van der Waals surface area contributed by atoms with Crippen LogP contribution in [-0.4, -0.2) is 26.9 Å². The van der Waals surface area contributed by atoms with Crippen LogP contribution in [0.5, 0.6) is 0 Å². The molecular formula is C9H18O2. The van der Waals surface area contributed by atoms with Crippen molar-refractivity contribution in [3.63, 3.8) is 0 Å². The standard InChI is InChI=1S/C9H18O2/c1-3-4-8-11-9-6-5-7-10-2/h3-5,7-9H2,1-2H3.